The van der Waals surface area contributed by atoms with Crippen molar-refractivity contribution in [3.8, 4) is 34.3 Å². The van der Waals surface area contributed by atoms with Crippen LogP contribution in [0.3, 0.4) is 0 Å². The molecule has 7 nitrogen and oxygen atoms in total. The molecule has 162 valence electrons. The third-order valence-electron chi connectivity index (χ3n) is 4.69. The van der Waals surface area contributed by atoms with Gasteiger partial charge >= 0.3 is 0 Å². The fourth-order valence-electron chi connectivity index (χ4n) is 2.97. The number of aromatic nitrogens is 2. The SMILES string of the molecule is COc1ccc(-c2noc(-c3ccccc3NC(=O)C(C)Oc3ccc(F)cc3)n2)cc1. The quantitative estimate of drug-likeness (QED) is 0.443. The van der Waals surface area contributed by atoms with Gasteiger partial charge in [0.2, 0.25) is 5.82 Å². The minimum absolute atomic E-state index is 0.263. The molecule has 0 aliphatic heterocycles. The summed E-state index contributed by atoms with van der Waals surface area (Å²) in [4.78, 5) is 17.1. The third kappa shape index (κ3) is 4.75. The number of anilines is 1. The minimum atomic E-state index is -0.814. The maximum absolute atomic E-state index is 13.1. The summed E-state index contributed by atoms with van der Waals surface area (Å²) in [6.07, 6.45) is -0.814. The summed E-state index contributed by atoms with van der Waals surface area (Å²) in [5.74, 6) is 1.04. The lowest BCUT2D eigenvalue weighted by Crippen LogP contribution is -2.30. The number of ether oxygens (including phenoxy) is 2. The van der Waals surface area contributed by atoms with Crippen molar-refractivity contribution >= 4 is 11.6 Å². The molecule has 1 amide bonds. The van der Waals surface area contributed by atoms with E-state index in [1.807, 2.05) is 24.3 Å². The molecule has 1 atom stereocenters. The fourth-order valence-corrected chi connectivity index (χ4v) is 2.97. The standard InChI is InChI=1S/C24H20FN3O4/c1-15(31-19-13-9-17(25)10-14-19)23(29)26-21-6-4-3-5-20(21)24-27-22(28-32-24)16-7-11-18(30-2)12-8-16/h3-15H,1-2H3,(H,26,29). The smallest absolute Gasteiger partial charge is 0.265 e. The normalized spacial score (nSPS) is 11.6. The van der Waals surface area contributed by atoms with Crippen molar-refractivity contribution in [3.05, 3.63) is 78.6 Å². The van der Waals surface area contributed by atoms with Gasteiger partial charge in [0.05, 0.1) is 18.4 Å². The van der Waals surface area contributed by atoms with Gasteiger partial charge in [-0.15, -0.1) is 0 Å². The van der Waals surface area contributed by atoms with E-state index in [9.17, 15) is 9.18 Å². The average Bonchev–Trinajstić information content (AvgIpc) is 3.31. The molecule has 1 aromatic heterocycles. The van der Waals surface area contributed by atoms with Gasteiger partial charge in [-0.05, 0) is 67.6 Å². The van der Waals surface area contributed by atoms with Crippen molar-refractivity contribution in [3.63, 3.8) is 0 Å². The number of halogens is 1. The lowest BCUT2D eigenvalue weighted by Gasteiger charge is -2.15. The summed E-state index contributed by atoms with van der Waals surface area (Å²) >= 11 is 0. The Morgan fingerprint density at radius 3 is 2.41 bits per heavy atom. The highest BCUT2D eigenvalue weighted by atomic mass is 19.1. The maximum atomic E-state index is 13.1. The number of amides is 1. The van der Waals surface area contributed by atoms with Crippen LogP contribution in [0.1, 0.15) is 6.92 Å². The zero-order valence-corrected chi connectivity index (χ0v) is 17.4. The molecular weight excluding hydrogens is 413 g/mol. The molecule has 0 fully saturated rings. The predicted octanol–water partition coefficient (Wildman–Crippen LogP) is 4.96. The van der Waals surface area contributed by atoms with Gasteiger partial charge in [0.1, 0.15) is 17.3 Å². The Balaban J connectivity index is 1.51. The van der Waals surface area contributed by atoms with Gasteiger partial charge in [-0.1, -0.05) is 17.3 Å². The molecule has 1 unspecified atom stereocenters. The summed E-state index contributed by atoms with van der Waals surface area (Å²) in [6.45, 7) is 1.61. The lowest BCUT2D eigenvalue weighted by molar-refractivity contribution is -0.122. The molecule has 1 heterocycles. The summed E-state index contributed by atoms with van der Waals surface area (Å²) in [5.41, 5.74) is 1.84. The molecular formula is C24H20FN3O4. The van der Waals surface area contributed by atoms with E-state index >= 15 is 0 Å². The molecule has 3 aromatic carbocycles. The number of para-hydroxylation sites is 1. The number of carbonyl (C=O) groups excluding carboxylic acids is 1. The Hall–Kier alpha value is -4.20. The number of carbonyl (C=O) groups is 1. The van der Waals surface area contributed by atoms with Crippen LogP contribution in [0, 0.1) is 5.82 Å². The monoisotopic (exact) mass is 433 g/mol. The van der Waals surface area contributed by atoms with E-state index in [-0.39, 0.29) is 17.6 Å². The van der Waals surface area contributed by atoms with E-state index in [0.29, 0.717) is 22.8 Å². The van der Waals surface area contributed by atoms with Gasteiger partial charge in [0.15, 0.2) is 6.10 Å². The topological polar surface area (TPSA) is 86.5 Å². The summed E-state index contributed by atoms with van der Waals surface area (Å²) in [6, 6.07) is 19.8. The van der Waals surface area contributed by atoms with E-state index < -0.39 is 6.10 Å². The fraction of sp³-hybridized carbons (Fsp3) is 0.125. The Morgan fingerprint density at radius 1 is 1.00 bits per heavy atom. The van der Waals surface area contributed by atoms with E-state index in [0.717, 1.165) is 11.3 Å². The molecule has 1 N–H and O–H groups in total. The van der Waals surface area contributed by atoms with Crippen molar-refractivity contribution in [1.29, 1.82) is 0 Å². The highest BCUT2D eigenvalue weighted by Crippen LogP contribution is 2.29. The first-order valence-electron chi connectivity index (χ1n) is 9.84. The molecule has 4 rings (SSSR count). The number of methoxy groups -OCH3 is 1. The van der Waals surface area contributed by atoms with Gasteiger partial charge in [-0.3, -0.25) is 4.79 Å². The molecule has 0 spiro atoms. The Morgan fingerprint density at radius 2 is 1.69 bits per heavy atom. The first kappa shape index (κ1) is 21.0. The van der Waals surface area contributed by atoms with Crippen LogP contribution in [-0.2, 0) is 4.79 Å². The molecule has 0 radical (unpaired) electrons. The van der Waals surface area contributed by atoms with Crippen LogP contribution in [0.4, 0.5) is 10.1 Å². The van der Waals surface area contributed by atoms with Crippen LogP contribution < -0.4 is 14.8 Å². The highest BCUT2D eigenvalue weighted by molar-refractivity contribution is 5.97. The van der Waals surface area contributed by atoms with Gasteiger partial charge in [-0.2, -0.15) is 4.98 Å². The number of benzene rings is 3. The van der Waals surface area contributed by atoms with Crippen molar-refractivity contribution in [2.24, 2.45) is 0 Å². The number of rotatable bonds is 7. The predicted molar refractivity (Wildman–Crippen MR) is 117 cm³/mol. The third-order valence-corrected chi connectivity index (χ3v) is 4.69. The zero-order chi connectivity index (χ0) is 22.5. The number of nitrogens with zero attached hydrogens (tertiary/aromatic N) is 2. The van der Waals surface area contributed by atoms with E-state index in [4.69, 9.17) is 14.0 Å². The Kier molecular flexibility index (Phi) is 6.12. The number of nitrogens with one attached hydrogen (secondary N) is 1. The first-order valence-corrected chi connectivity index (χ1v) is 9.84. The first-order chi connectivity index (χ1) is 15.5. The van der Waals surface area contributed by atoms with Crippen molar-refractivity contribution < 1.29 is 23.2 Å². The van der Waals surface area contributed by atoms with Gasteiger partial charge in [0, 0.05) is 5.56 Å². The molecule has 0 bridgehead atoms. The van der Waals surface area contributed by atoms with Crippen LogP contribution in [0.2, 0.25) is 0 Å². The van der Waals surface area contributed by atoms with Crippen LogP contribution in [0.15, 0.2) is 77.3 Å². The Bertz CT molecular complexity index is 1210. The summed E-state index contributed by atoms with van der Waals surface area (Å²) in [7, 11) is 1.60. The second kappa shape index (κ2) is 9.30. The second-order valence-corrected chi connectivity index (χ2v) is 6.90. The summed E-state index contributed by atoms with van der Waals surface area (Å²) < 4.78 is 29.3. The van der Waals surface area contributed by atoms with Gasteiger partial charge < -0.3 is 19.3 Å². The van der Waals surface area contributed by atoms with Crippen molar-refractivity contribution in [2.75, 3.05) is 12.4 Å². The lowest BCUT2D eigenvalue weighted by atomic mass is 10.1. The molecule has 0 aliphatic carbocycles. The molecule has 0 saturated heterocycles. The van der Waals surface area contributed by atoms with E-state index in [2.05, 4.69) is 15.5 Å². The molecule has 0 aliphatic rings. The molecule has 4 aromatic rings. The summed E-state index contributed by atoms with van der Waals surface area (Å²) in [5, 5.41) is 6.86. The van der Waals surface area contributed by atoms with Crippen LogP contribution >= 0.6 is 0 Å². The second-order valence-electron chi connectivity index (χ2n) is 6.90. The molecule has 0 saturated carbocycles. The van der Waals surface area contributed by atoms with Crippen LogP contribution in [0.5, 0.6) is 11.5 Å². The van der Waals surface area contributed by atoms with Crippen LogP contribution in [-0.4, -0.2) is 29.3 Å². The molecule has 8 heteroatoms. The molecule has 32 heavy (non-hydrogen) atoms. The van der Waals surface area contributed by atoms with Crippen molar-refractivity contribution in [1.82, 2.24) is 10.1 Å². The zero-order valence-electron chi connectivity index (χ0n) is 17.4. The number of hydrogen-bond donors (Lipinski definition) is 1. The van der Waals surface area contributed by atoms with Crippen LogP contribution in [0.25, 0.3) is 22.8 Å². The minimum Gasteiger partial charge on any atom is -0.497 e. The Labute approximate surface area is 183 Å². The van der Waals surface area contributed by atoms with Gasteiger partial charge in [-0.25, -0.2) is 4.39 Å². The van der Waals surface area contributed by atoms with Gasteiger partial charge in [0.25, 0.3) is 11.8 Å². The van der Waals surface area contributed by atoms with E-state index in [1.165, 1.54) is 24.3 Å². The van der Waals surface area contributed by atoms with Crippen molar-refractivity contribution in [2.45, 2.75) is 13.0 Å². The number of hydrogen-bond acceptors (Lipinski definition) is 6. The largest absolute Gasteiger partial charge is 0.497 e. The maximum Gasteiger partial charge on any atom is 0.265 e. The highest BCUT2D eigenvalue weighted by Gasteiger charge is 2.19. The average molecular weight is 433 g/mol. The van der Waals surface area contributed by atoms with E-state index in [1.54, 1.807) is 38.3 Å².